The first-order valence-electron chi connectivity index (χ1n) is 5.47. The Morgan fingerprint density at radius 2 is 2.06 bits per heavy atom. The van der Waals surface area contributed by atoms with E-state index in [4.69, 9.17) is 5.84 Å². The SMILES string of the molecule is CC(C)N(C)CCNc1ncnc(NN)c1Br. The Morgan fingerprint density at radius 3 is 2.65 bits per heavy atom. The van der Waals surface area contributed by atoms with Crippen LogP contribution in [0.5, 0.6) is 0 Å². The minimum Gasteiger partial charge on any atom is -0.368 e. The lowest BCUT2D eigenvalue weighted by Crippen LogP contribution is -2.31. The molecule has 0 saturated heterocycles. The number of halogens is 1. The Balaban J connectivity index is 2.52. The molecule has 0 fully saturated rings. The summed E-state index contributed by atoms with van der Waals surface area (Å²) in [5.74, 6) is 6.64. The summed E-state index contributed by atoms with van der Waals surface area (Å²) in [5.41, 5.74) is 2.50. The zero-order valence-electron chi connectivity index (χ0n) is 10.4. The van der Waals surface area contributed by atoms with Crippen LogP contribution >= 0.6 is 15.9 Å². The van der Waals surface area contributed by atoms with Gasteiger partial charge >= 0.3 is 0 Å². The Bertz CT molecular complexity index is 357. The smallest absolute Gasteiger partial charge is 0.159 e. The average molecular weight is 303 g/mol. The van der Waals surface area contributed by atoms with E-state index in [0.29, 0.717) is 11.9 Å². The van der Waals surface area contributed by atoms with Crippen molar-refractivity contribution in [1.29, 1.82) is 0 Å². The van der Waals surface area contributed by atoms with Crippen LogP contribution in [0.3, 0.4) is 0 Å². The van der Waals surface area contributed by atoms with Gasteiger partial charge in [-0.25, -0.2) is 15.8 Å². The normalized spacial score (nSPS) is 11.0. The number of nitrogens with zero attached hydrogens (tertiary/aromatic N) is 3. The number of nitrogens with one attached hydrogen (secondary N) is 2. The van der Waals surface area contributed by atoms with Crippen LogP contribution < -0.4 is 16.6 Å². The van der Waals surface area contributed by atoms with Gasteiger partial charge in [-0.15, -0.1) is 0 Å². The topological polar surface area (TPSA) is 79.1 Å². The molecule has 0 bridgehead atoms. The highest BCUT2D eigenvalue weighted by molar-refractivity contribution is 9.10. The van der Waals surface area contributed by atoms with Gasteiger partial charge in [0, 0.05) is 19.1 Å². The number of likely N-dealkylation sites (N-methyl/N-ethyl adjacent to an activating group) is 1. The number of aromatic nitrogens is 2. The predicted octanol–water partition coefficient (Wildman–Crippen LogP) is 1.28. The van der Waals surface area contributed by atoms with E-state index >= 15 is 0 Å². The third-order valence-electron chi connectivity index (χ3n) is 2.56. The molecule has 96 valence electrons. The van der Waals surface area contributed by atoms with E-state index in [9.17, 15) is 0 Å². The maximum atomic E-state index is 5.33. The van der Waals surface area contributed by atoms with E-state index in [0.717, 1.165) is 23.4 Å². The molecule has 0 aromatic carbocycles. The van der Waals surface area contributed by atoms with Crippen LogP contribution in [0.25, 0.3) is 0 Å². The summed E-state index contributed by atoms with van der Waals surface area (Å²) in [6.07, 6.45) is 1.47. The van der Waals surface area contributed by atoms with Gasteiger partial charge in [-0.1, -0.05) is 0 Å². The molecular weight excluding hydrogens is 284 g/mol. The highest BCUT2D eigenvalue weighted by atomic mass is 79.9. The highest BCUT2D eigenvalue weighted by Gasteiger charge is 2.08. The first-order chi connectivity index (χ1) is 8.06. The second kappa shape index (κ2) is 6.73. The molecular formula is C10H19BrN6. The maximum absolute atomic E-state index is 5.33. The molecule has 6 nitrogen and oxygen atoms in total. The molecule has 1 rings (SSSR count). The highest BCUT2D eigenvalue weighted by Crippen LogP contribution is 2.25. The van der Waals surface area contributed by atoms with Crippen LogP contribution in [0, 0.1) is 0 Å². The van der Waals surface area contributed by atoms with E-state index in [2.05, 4.69) is 62.4 Å². The Kier molecular flexibility index (Phi) is 5.60. The molecule has 0 spiro atoms. The van der Waals surface area contributed by atoms with Crippen LogP contribution in [0.15, 0.2) is 10.8 Å². The minimum absolute atomic E-state index is 0.534. The number of nitrogens with two attached hydrogens (primary N) is 1. The Morgan fingerprint density at radius 1 is 1.41 bits per heavy atom. The molecule has 1 heterocycles. The van der Waals surface area contributed by atoms with Crippen molar-refractivity contribution in [3.63, 3.8) is 0 Å². The Labute approximate surface area is 110 Å². The molecule has 0 aliphatic rings. The van der Waals surface area contributed by atoms with Gasteiger partial charge in [-0.05, 0) is 36.8 Å². The summed E-state index contributed by atoms with van der Waals surface area (Å²) in [6, 6.07) is 0.534. The fourth-order valence-electron chi connectivity index (χ4n) is 1.20. The third kappa shape index (κ3) is 4.10. The quantitative estimate of drug-likeness (QED) is 0.543. The van der Waals surface area contributed by atoms with Crippen molar-refractivity contribution in [3.8, 4) is 0 Å². The molecule has 4 N–H and O–H groups in total. The summed E-state index contributed by atoms with van der Waals surface area (Å²) in [6.45, 7) is 6.09. The second-order valence-corrected chi connectivity index (χ2v) is 4.82. The van der Waals surface area contributed by atoms with Crippen LogP contribution in [-0.4, -0.2) is 41.0 Å². The fourth-order valence-corrected chi connectivity index (χ4v) is 1.66. The van der Waals surface area contributed by atoms with E-state index < -0.39 is 0 Å². The molecule has 0 radical (unpaired) electrons. The number of rotatable bonds is 6. The van der Waals surface area contributed by atoms with Gasteiger partial charge in [0.1, 0.15) is 16.6 Å². The number of nitrogen functional groups attached to an aromatic ring is 1. The van der Waals surface area contributed by atoms with E-state index in [1.165, 1.54) is 6.33 Å². The first-order valence-corrected chi connectivity index (χ1v) is 6.26. The van der Waals surface area contributed by atoms with Crippen LogP contribution in [0.4, 0.5) is 11.6 Å². The van der Waals surface area contributed by atoms with Crippen molar-refractivity contribution in [3.05, 3.63) is 10.8 Å². The van der Waals surface area contributed by atoms with E-state index in [1.807, 2.05) is 0 Å². The summed E-state index contributed by atoms with van der Waals surface area (Å²) >= 11 is 3.39. The standard InChI is InChI=1S/C10H19BrN6/c1-7(2)17(3)5-4-13-9-8(11)10(16-12)15-6-14-9/h6-7H,4-5,12H2,1-3H3,(H2,13,14,15,16). The van der Waals surface area contributed by atoms with Crippen LogP contribution in [0.1, 0.15) is 13.8 Å². The molecule has 0 amide bonds. The monoisotopic (exact) mass is 302 g/mol. The second-order valence-electron chi connectivity index (χ2n) is 4.03. The van der Waals surface area contributed by atoms with Crippen molar-refractivity contribution in [1.82, 2.24) is 14.9 Å². The van der Waals surface area contributed by atoms with Crippen molar-refractivity contribution in [2.75, 3.05) is 30.9 Å². The van der Waals surface area contributed by atoms with Gasteiger partial charge in [0.2, 0.25) is 0 Å². The molecule has 7 heteroatoms. The van der Waals surface area contributed by atoms with Crippen molar-refractivity contribution in [2.24, 2.45) is 5.84 Å². The van der Waals surface area contributed by atoms with Crippen molar-refractivity contribution < 1.29 is 0 Å². The van der Waals surface area contributed by atoms with E-state index in [-0.39, 0.29) is 0 Å². The molecule has 0 aliphatic heterocycles. The lowest BCUT2D eigenvalue weighted by molar-refractivity contribution is 0.284. The fraction of sp³-hybridized carbons (Fsp3) is 0.600. The zero-order valence-corrected chi connectivity index (χ0v) is 12.0. The number of anilines is 2. The minimum atomic E-state index is 0.534. The lowest BCUT2D eigenvalue weighted by atomic mass is 10.3. The summed E-state index contributed by atoms with van der Waals surface area (Å²) in [7, 11) is 2.09. The maximum Gasteiger partial charge on any atom is 0.159 e. The predicted molar refractivity (Wildman–Crippen MR) is 73.8 cm³/mol. The van der Waals surface area contributed by atoms with Gasteiger partial charge < -0.3 is 15.6 Å². The lowest BCUT2D eigenvalue weighted by Gasteiger charge is -2.21. The summed E-state index contributed by atoms with van der Waals surface area (Å²) < 4.78 is 0.745. The van der Waals surface area contributed by atoms with E-state index in [1.54, 1.807) is 0 Å². The number of hydrogen-bond donors (Lipinski definition) is 3. The molecule has 17 heavy (non-hydrogen) atoms. The number of hydrazine groups is 1. The molecule has 0 saturated carbocycles. The largest absolute Gasteiger partial charge is 0.368 e. The molecule has 0 unspecified atom stereocenters. The molecule has 1 aromatic heterocycles. The average Bonchev–Trinajstić information content (AvgIpc) is 2.31. The molecule has 0 atom stereocenters. The van der Waals surface area contributed by atoms with Gasteiger partial charge in [-0.3, -0.25) is 0 Å². The first kappa shape index (κ1) is 14.1. The van der Waals surface area contributed by atoms with Crippen LogP contribution in [0.2, 0.25) is 0 Å². The van der Waals surface area contributed by atoms with Gasteiger partial charge in [-0.2, -0.15) is 0 Å². The molecule has 1 aromatic rings. The van der Waals surface area contributed by atoms with Gasteiger partial charge in [0.25, 0.3) is 0 Å². The summed E-state index contributed by atoms with van der Waals surface area (Å²) in [5, 5.41) is 3.24. The van der Waals surface area contributed by atoms with Crippen molar-refractivity contribution in [2.45, 2.75) is 19.9 Å². The van der Waals surface area contributed by atoms with Crippen LogP contribution in [-0.2, 0) is 0 Å². The Hall–Kier alpha value is -0.920. The van der Waals surface area contributed by atoms with Crippen molar-refractivity contribution >= 4 is 27.6 Å². The zero-order chi connectivity index (χ0) is 12.8. The summed E-state index contributed by atoms with van der Waals surface area (Å²) in [4.78, 5) is 10.4. The molecule has 0 aliphatic carbocycles. The number of hydrogen-bond acceptors (Lipinski definition) is 6. The van der Waals surface area contributed by atoms with Gasteiger partial charge in [0.15, 0.2) is 5.82 Å². The third-order valence-corrected chi connectivity index (χ3v) is 3.32. The van der Waals surface area contributed by atoms with Gasteiger partial charge in [0.05, 0.1) is 0 Å².